The quantitative estimate of drug-likeness (QED) is 0.723. The van der Waals surface area contributed by atoms with Crippen LogP contribution in [-0.4, -0.2) is 63.0 Å². The number of anilines is 1. The molecule has 0 radical (unpaired) electrons. The predicted octanol–water partition coefficient (Wildman–Crippen LogP) is 2.41. The van der Waals surface area contributed by atoms with Crippen LogP contribution >= 0.6 is 11.6 Å². The van der Waals surface area contributed by atoms with Crippen molar-refractivity contribution >= 4 is 33.0 Å². The molecule has 1 amide bonds. The van der Waals surface area contributed by atoms with Gasteiger partial charge < -0.3 is 9.64 Å². The Morgan fingerprint density at radius 2 is 1.69 bits per heavy atom. The molecule has 0 spiro atoms. The Labute approximate surface area is 175 Å². The SMILES string of the molecule is COc1ccc(CCN2CC(=O)N(c3ccc(Cl)cc3)C3CS(=O)(=O)CC32)cc1. The fraction of sp³-hybridized carbons (Fsp3) is 0.381. The van der Waals surface area contributed by atoms with Gasteiger partial charge in [0.05, 0.1) is 31.2 Å². The lowest BCUT2D eigenvalue weighted by atomic mass is 10.0. The van der Waals surface area contributed by atoms with Crippen molar-refractivity contribution in [1.82, 2.24) is 4.90 Å². The minimum atomic E-state index is -3.20. The van der Waals surface area contributed by atoms with E-state index in [9.17, 15) is 13.2 Å². The number of halogens is 1. The third-order valence-corrected chi connectivity index (χ3v) is 7.60. The number of amides is 1. The number of hydrogen-bond acceptors (Lipinski definition) is 5. The summed E-state index contributed by atoms with van der Waals surface area (Å²) in [6, 6.07) is 14.2. The van der Waals surface area contributed by atoms with Gasteiger partial charge in [0.25, 0.3) is 0 Å². The second-order valence-corrected chi connectivity index (χ2v) is 10.1. The van der Waals surface area contributed by atoms with E-state index in [1.807, 2.05) is 29.2 Å². The molecule has 154 valence electrons. The van der Waals surface area contributed by atoms with Gasteiger partial charge in [0, 0.05) is 23.3 Å². The van der Waals surface area contributed by atoms with Crippen LogP contribution in [0.15, 0.2) is 48.5 Å². The number of carbonyl (C=O) groups is 1. The molecule has 0 bridgehead atoms. The topological polar surface area (TPSA) is 66.9 Å². The first kappa shape index (κ1) is 20.2. The molecule has 2 heterocycles. The van der Waals surface area contributed by atoms with Gasteiger partial charge >= 0.3 is 0 Å². The molecule has 2 aromatic carbocycles. The summed E-state index contributed by atoms with van der Waals surface area (Å²) in [5, 5.41) is 0.579. The molecule has 0 aliphatic carbocycles. The van der Waals surface area contributed by atoms with Gasteiger partial charge in [0.15, 0.2) is 9.84 Å². The average molecular weight is 435 g/mol. The minimum Gasteiger partial charge on any atom is -0.497 e. The first-order valence-electron chi connectivity index (χ1n) is 9.51. The molecule has 2 aliphatic rings. The largest absolute Gasteiger partial charge is 0.497 e. The van der Waals surface area contributed by atoms with E-state index < -0.39 is 9.84 Å². The van der Waals surface area contributed by atoms with E-state index in [1.165, 1.54) is 0 Å². The Morgan fingerprint density at radius 1 is 1.03 bits per heavy atom. The van der Waals surface area contributed by atoms with Crippen molar-refractivity contribution in [2.24, 2.45) is 0 Å². The number of piperazine rings is 1. The van der Waals surface area contributed by atoms with Crippen molar-refractivity contribution in [2.75, 3.05) is 36.6 Å². The van der Waals surface area contributed by atoms with Gasteiger partial charge in [-0.15, -0.1) is 0 Å². The second-order valence-electron chi connectivity index (χ2n) is 7.52. The van der Waals surface area contributed by atoms with Gasteiger partial charge in [0.2, 0.25) is 5.91 Å². The molecule has 2 unspecified atom stereocenters. The number of fused-ring (bicyclic) bond motifs is 1. The van der Waals surface area contributed by atoms with Gasteiger partial charge in [-0.1, -0.05) is 23.7 Å². The molecule has 6 nitrogen and oxygen atoms in total. The number of methoxy groups -OCH3 is 1. The van der Waals surface area contributed by atoms with Gasteiger partial charge in [-0.3, -0.25) is 9.69 Å². The van der Waals surface area contributed by atoms with E-state index >= 15 is 0 Å². The first-order chi connectivity index (χ1) is 13.9. The molecular formula is C21H23ClN2O4S. The molecule has 0 N–H and O–H groups in total. The van der Waals surface area contributed by atoms with Crippen molar-refractivity contribution < 1.29 is 17.9 Å². The maximum absolute atomic E-state index is 13.0. The zero-order chi connectivity index (χ0) is 20.6. The van der Waals surface area contributed by atoms with Gasteiger partial charge in [-0.25, -0.2) is 8.42 Å². The number of hydrogen-bond donors (Lipinski definition) is 0. The number of nitrogens with zero attached hydrogens (tertiary/aromatic N) is 2. The molecule has 4 rings (SSSR count). The van der Waals surface area contributed by atoms with Crippen molar-refractivity contribution in [1.29, 1.82) is 0 Å². The summed E-state index contributed by atoms with van der Waals surface area (Å²) < 4.78 is 30.0. The molecule has 2 aromatic rings. The molecule has 0 aromatic heterocycles. The van der Waals surface area contributed by atoms with E-state index in [-0.39, 0.29) is 36.0 Å². The van der Waals surface area contributed by atoms with Crippen LogP contribution in [0.2, 0.25) is 5.02 Å². The van der Waals surface area contributed by atoms with Crippen LogP contribution in [0.1, 0.15) is 5.56 Å². The summed E-state index contributed by atoms with van der Waals surface area (Å²) in [4.78, 5) is 16.6. The standard InChI is InChI=1S/C21H23ClN2O4S/c1-28-18-8-2-15(3-9-18)10-11-23-12-21(25)24(17-6-4-16(22)5-7-17)20-14-29(26,27)13-19(20)23/h2-9,19-20H,10-14H2,1H3. The highest BCUT2D eigenvalue weighted by molar-refractivity contribution is 7.91. The maximum atomic E-state index is 13.0. The van der Waals surface area contributed by atoms with Crippen LogP contribution in [0.3, 0.4) is 0 Å². The normalized spacial score (nSPS) is 23.8. The highest BCUT2D eigenvalue weighted by atomic mass is 35.5. The van der Waals surface area contributed by atoms with Gasteiger partial charge in [0.1, 0.15) is 5.75 Å². The van der Waals surface area contributed by atoms with Crippen LogP contribution in [0.25, 0.3) is 0 Å². The predicted molar refractivity (Wildman–Crippen MR) is 113 cm³/mol. The Bertz CT molecular complexity index is 992. The zero-order valence-corrected chi connectivity index (χ0v) is 17.7. The average Bonchev–Trinajstić information content (AvgIpc) is 3.02. The summed E-state index contributed by atoms with van der Waals surface area (Å²) in [5.41, 5.74) is 1.82. The number of ether oxygens (including phenoxy) is 1. The summed E-state index contributed by atoms with van der Waals surface area (Å²) in [7, 11) is -1.58. The molecule has 29 heavy (non-hydrogen) atoms. The summed E-state index contributed by atoms with van der Waals surface area (Å²) in [6.45, 7) is 0.832. The van der Waals surface area contributed by atoms with Crippen molar-refractivity contribution in [2.45, 2.75) is 18.5 Å². The molecule has 2 atom stereocenters. The number of sulfone groups is 1. The van der Waals surface area contributed by atoms with Crippen LogP contribution in [0, 0.1) is 0 Å². The Kier molecular flexibility index (Phi) is 5.55. The number of benzene rings is 2. The Balaban J connectivity index is 1.54. The van der Waals surface area contributed by atoms with E-state index in [0.29, 0.717) is 17.3 Å². The fourth-order valence-corrected chi connectivity index (χ4v) is 6.31. The Morgan fingerprint density at radius 3 is 2.34 bits per heavy atom. The zero-order valence-electron chi connectivity index (χ0n) is 16.1. The van der Waals surface area contributed by atoms with Crippen LogP contribution in [-0.2, 0) is 21.1 Å². The van der Waals surface area contributed by atoms with Crippen LogP contribution in [0.5, 0.6) is 5.75 Å². The van der Waals surface area contributed by atoms with Crippen molar-refractivity contribution in [3.8, 4) is 5.75 Å². The highest BCUT2D eigenvalue weighted by Crippen LogP contribution is 2.32. The maximum Gasteiger partial charge on any atom is 0.241 e. The lowest BCUT2D eigenvalue weighted by molar-refractivity contribution is -0.123. The number of rotatable bonds is 5. The third-order valence-electron chi connectivity index (χ3n) is 5.65. The summed E-state index contributed by atoms with van der Waals surface area (Å²) in [6.07, 6.45) is 0.738. The monoisotopic (exact) mass is 434 g/mol. The molecule has 0 saturated carbocycles. The molecule has 2 saturated heterocycles. The molecule has 2 aliphatic heterocycles. The van der Waals surface area contributed by atoms with E-state index in [4.69, 9.17) is 16.3 Å². The van der Waals surface area contributed by atoms with Crippen molar-refractivity contribution in [3.05, 3.63) is 59.1 Å². The first-order valence-corrected chi connectivity index (χ1v) is 11.7. The minimum absolute atomic E-state index is 0.00886. The Hall–Kier alpha value is -2.09. The molecule has 8 heteroatoms. The van der Waals surface area contributed by atoms with Gasteiger partial charge in [-0.05, 0) is 48.4 Å². The lowest BCUT2D eigenvalue weighted by Crippen LogP contribution is -2.62. The van der Waals surface area contributed by atoms with Crippen LogP contribution in [0.4, 0.5) is 5.69 Å². The van der Waals surface area contributed by atoms with E-state index in [2.05, 4.69) is 0 Å². The lowest BCUT2D eigenvalue weighted by Gasteiger charge is -2.43. The summed E-state index contributed by atoms with van der Waals surface area (Å²) >= 11 is 5.97. The van der Waals surface area contributed by atoms with E-state index in [1.54, 1.807) is 36.3 Å². The van der Waals surface area contributed by atoms with E-state index in [0.717, 1.165) is 17.7 Å². The smallest absolute Gasteiger partial charge is 0.241 e. The summed E-state index contributed by atoms with van der Waals surface area (Å²) in [5.74, 6) is 0.783. The third kappa shape index (κ3) is 4.27. The highest BCUT2D eigenvalue weighted by Gasteiger charge is 2.49. The fourth-order valence-electron chi connectivity index (χ4n) is 4.20. The van der Waals surface area contributed by atoms with Crippen LogP contribution < -0.4 is 9.64 Å². The number of carbonyl (C=O) groups excluding carboxylic acids is 1. The molecule has 2 fully saturated rings. The second kappa shape index (κ2) is 7.97. The molecular weight excluding hydrogens is 412 g/mol. The van der Waals surface area contributed by atoms with Crippen molar-refractivity contribution in [3.63, 3.8) is 0 Å². The van der Waals surface area contributed by atoms with Gasteiger partial charge in [-0.2, -0.15) is 0 Å².